The highest BCUT2D eigenvalue weighted by atomic mass is 32.1. The Hall–Kier alpha value is -2.54. The summed E-state index contributed by atoms with van der Waals surface area (Å²) in [6.07, 6.45) is 3.10. The van der Waals surface area contributed by atoms with Gasteiger partial charge in [-0.05, 0) is 38.7 Å². The molecule has 0 spiro atoms. The van der Waals surface area contributed by atoms with Crippen LogP contribution < -0.4 is 10.5 Å². The van der Waals surface area contributed by atoms with Crippen molar-refractivity contribution in [2.75, 3.05) is 11.4 Å². The molecule has 2 aromatic heterocycles. The van der Waals surface area contributed by atoms with Gasteiger partial charge in [-0.2, -0.15) is 5.10 Å². The Balaban J connectivity index is 1.58. The second-order valence-corrected chi connectivity index (χ2v) is 8.16. The molecule has 1 saturated heterocycles. The Bertz CT molecular complexity index is 1060. The molecule has 3 aromatic rings. The number of anilines is 1. The molecule has 0 bridgehead atoms. The van der Waals surface area contributed by atoms with Crippen LogP contribution in [0.1, 0.15) is 37.4 Å². The SMILES string of the molecule is CCn1nc(C)c2sc(N3CCC[C@@H]3C(=O)CCc3ccccc3)nc2c1=O. The molecule has 1 aliphatic heterocycles. The Kier molecular flexibility index (Phi) is 5.26. The van der Waals surface area contributed by atoms with Crippen molar-refractivity contribution in [3.05, 3.63) is 51.9 Å². The highest BCUT2D eigenvalue weighted by Crippen LogP contribution is 2.33. The van der Waals surface area contributed by atoms with E-state index >= 15 is 0 Å². The monoisotopic (exact) mass is 396 g/mol. The lowest BCUT2D eigenvalue weighted by Crippen LogP contribution is -2.36. The number of aryl methyl sites for hydroxylation is 3. The van der Waals surface area contributed by atoms with Crippen molar-refractivity contribution >= 4 is 32.5 Å². The van der Waals surface area contributed by atoms with E-state index in [1.54, 1.807) is 0 Å². The molecule has 0 unspecified atom stereocenters. The van der Waals surface area contributed by atoms with Gasteiger partial charge in [0, 0.05) is 19.5 Å². The maximum Gasteiger partial charge on any atom is 0.294 e. The van der Waals surface area contributed by atoms with E-state index in [4.69, 9.17) is 0 Å². The normalized spacial score (nSPS) is 16.8. The van der Waals surface area contributed by atoms with Gasteiger partial charge in [-0.3, -0.25) is 9.59 Å². The number of Topliss-reactive ketones (excluding diaryl/α,β-unsaturated/α-hetero) is 1. The molecular formula is C21H24N4O2S. The highest BCUT2D eigenvalue weighted by molar-refractivity contribution is 7.22. The van der Waals surface area contributed by atoms with Crippen LogP contribution in [0.3, 0.4) is 0 Å². The molecule has 1 aromatic carbocycles. The maximum atomic E-state index is 12.9. The third-order valence-electron chi connectivity index (χ3n) is 5.32. The molecule has 4 rings (SSSR count). The van der Waals surface area contributed by atoms with Crippen LogP contribution in [0.5, 0.6) is 0 Å². The molecule has 6 nitrogen and oxygen atoms in total. The number of thiazole rings is 1. The highest BCUT2D eigenvalue weighted by Gasteiger charge is 2.32. The Labute approximate surface area is 167 Å². The lowest BCUT2D eigenvalue weighted by atomic mass is 10.0. The van der Waals surface area contributed by atoms with Gasteiger partial charge in [-0.25, -0.2) is 9.67 Å². The number of carbonyl (C=O) groups excluding carboxylic acids is 1. The largest absolute Gasteiger partial charge is 0.338 e. The first-order valence-electron chi connectivity index (χ1n) is 9.80. The third-order valence-corrected chi connectivity index (χ3v) is 6.53. The van der Waals surface area contributed by atoms with E-state index in [2.05, 4.69) is 27.1 Å². The van der Waals surface area contributed by atoms with E-state index in [-0.39, 0.29) is 17.4 Å². The van der Waals surface area contributed by atoms with Gasteiger partial charge in [-0.1, -0.05) is 41.7 Å². The number of benzene rings is 1. The second-order valence-electron chi connectivity index (χ2n) is 7.18. The fourth-order valence-electron chi connectivity index (χ4n) is 3.84. The van der Waals surface area contributed by atoms with Crippen LogP contribution >= 0.6 is 11.3 Å². The molecule has 0 saturated carbocycles. The van der Waals surface area contributed by atoms with Crippen molar-refractivity contribution in [2.24, 2.45) is 0 Å². The summed E-state index contributed by atoms with van der Waals surface area (Å²) in [4.78, 5) is 32.2. The lowest BCUT2D eigenvalue weighted by molar-refractivity contribution is -0.120. The van der Waals surface area contributed by atoms with Gasteiger partial charge in [0.05, 0.1) is 16.4 Å². The van der Waals surface area contributed by atoms with Gasteiger partial charge in [0.25, 0.3) is 5.56 Å². The fourth-order valence-corrected chi connectivity index (χ4v) is 4.91. The van der Waals surface area contributed by atoms with Gasteiger partial charge in [0.15, 0.2) is 16.4 Å². The smallest absolute Gasteiger partial charge is 0.294 e. The molecule has 3 heterocycles. The van der Waals surface area contributed by atoms with E-state index in [9.17, 15) is 9.59 Å². The lowest BCUT2D eigenvalue weighted by Gasteiger charge is -2.22. The summed E-state index contributed by atoms with van der Waals surface area (Å²) in [5.74, 6) is 0.251. The fraction of sp³-hybridized carbons (Fsp3) is 0.429. The Morgan fingerprint density at radius 2 is 2.07 bits per heavy atom. The summed E-state index contributed by atoms with van der Waals surface area (Å²) in [6.45, 7) is 5.13. The molecule has 146 valence electrons. The first-order valence-corrected chi connectivity index (χ1v) is 10.6. The molecule has 1 aliphatic rings. The zero-order valence-electron chi connectivity index (χ0n) is 16.2. The van der Waals surface area contributed by atoms with Crippen LogP contribution in [0, 0.1) is 6.92 Å². The van der Waals surface area contributed by atoms with Crippen LogP contribution in [0.15, 0.2) is 35.1 Å². The van der Waals surface area contributed by atoms with Crippen LogP contribution in [0.2, 0.25) is 0 Å². The minimum absolute atomic E-state index is 0.147. The maximum absolute atomic E-state index is 12.9. The van der Waals surface area contributed by atoms with Crippen LogP contribution in [-0.2, 0) is 17.8 Å². The van der Waals surface area contributed by atoms with Gasteiger partial charge in [0.2, 0.25) is 0 Å². The van der Waals surface area contributed by atoms with Crippen molar-refractivity contribution in [3.8, 4) is 0 Å². The molecule has 0 amide bonds. The third kappa shape index (κ3) is 3.46. The van der Waals surface area contributed by atoms with Gasteiger partial charge in [-0.15, -0.1) is 0 Å². The number of fused-ring (bicyclic) bond motifs is 1. The summed E-state index contributed by atoms with van der Waals surface area (Å²) < 4.78 is 2.28. The summed E-state index contributed by atoms with van der Waals surface area (Å²) in [6, 6.07) is 9.96. The molecule has 0 N–H and O–H groups in total. The quantitative estimate of drug-likeness (QED) is 0.639. The number of nitrogens with zero attached hydrogens (tertiary/aromatic N) is 4. The number of carbonyl (C=O) groups is 1. The Morgan fingerprint density at radius 1 is 1.29 bits per heavy atom. The van der Waals surface area contributed by atoms with Crippen molar-refractivity contribution in [1.82, 2.24) is 14.8 Å². The number of ketones is 1. The van der Waals surface area contributed by atoms with E-state index < -0.39 is 0 Å². The van der Waals surface area contributed by atoms with E-state index in [0.717, 1.165) is 41.3 Å². The second kappa shape index (κ2) is 7.83. The summed E-state index contributed by atoms with van der Waals surface area (Å²) in [5, 5.41) is 5.13. The zero-order valence-corrected chi connectivity index (χ0v) is 17.0. The van der Waals surface area contributed by atoms with Crippen molar-refractivity contribution in [2.45, 2.75) is 52.1 Å². The topological polar surface area (TPSA) is 68.1 Å². The molecule has 7 heteroatoms. The van der Waals surface area contributed by atoms with Gasteiger partial charge < -0.3 is 4.90 Å². The molecular weight excluding hydrogens is 372 g/mol. The van der Waals surface area contributed by atoms with Gasteiger partial charge in [0.1, 0.15) is 0 Å². The molecule has 0 aliphatic carbocycles. The van der Waals surface area contributed by atoms with Crippen molar-refractivity contribution in [1.29, 1.82) is 0 Å². The van der Waals surface area contributed by atoms with Crippen molar-refractivity contribution < 1.29 is 4.79 Å². The number of aromatic nitrogens is 3. The average Bonchev–Trinajstić information content (AvgIpc) is 3.37. The summed E-state index contributed by atoms with van der Waals surface area (Å²) in [7, 11) is 0. The molecule has 1 fully saturated rings. The van der Waals surface area contributed by atoms with Crippen LogP contribution in [0.4, 0.5) is 5.13 Å². The molecule has 1 atom stereocenters. The zero-order chi connectivity index (χ0) is 19.7. The number of rotatable bonds is 6. The van der Waals surface area contributed by atoms with Crippen molar-refractivity contribution in [3.63, 3.8) is 0 Å². The first-order chi connectivity index (χ1) is 13.6. The predicted octanol–water partition coefficient (Wildman–Crippen LogP) is 3.35. The Morgan fingerprint density at radius 3 is 2.82 bits per heavy atom. The van der Waals surface area contributed by atoms with Crippen LogP contribution in [0.25, 0.3) is 10.2 Å². The predicted molar refractivity (Wildman–Crippen MR) is 112 cm³/mol. The average molecular weight is 397 g/mol. The molecule has 28 heavy (non-hydrogen) atoms. The number of hydrogen-bond donors (Lipinski definition) is 0. The summed E-state index contributed by atoms with van der Waals surface area (Å²) in [5.41, 5.74) is 2.31. The standard InChI is InChI=1S/C21H24N4O2S/c1-3-25-20(27)18-19(14(2)23-25)28-21(22-18)24-13-7-10-16(24)17(26)12-11-15-8-5-4-6-9-15/h4-6,8-9,16H,3,7,10-13H2,1-2H3/t16-/m1/s1. The number of hydrogen-bond acceptors (Lipinski definition) is 6. The van der Waals surface area contributed by atoms with E-state index in [0.29, 0.717) is 18.5 Å². The minimum Gasteiger partial charge on any atom is -0.338 e. The minimum atomic E-state index is -0.156. The molecule has 0 radical (unpaired) electrons. The summed E-state index contributed by atoms with van der Waals surface area (Å²) >= 11 is 1.48. The van der Waals surface area contributed by atoms with E-state index in [1.807, 2.05) is 32.0 Å². The van der Waals surface area contributed by atoms with Gasteiger partial charge >= 0.3 is 0 Å². The van der Waals surface area contributed by atoms with Crippen LogP contribution in [-0.4, -0.2) is 33.1 Å². The first kappa shape index (κ1) is 18.8. The van der Waals surface area contributed by atoms with E-state index in [1.165, 1.54) is 21.6 Å².